The van der Waals surface area contributed by atoms with Crippen molar-refractivity contribution in [2.24, 2.45) is 0 Å². The Morgan fingerprint density at radius 3 is 2.51 bits per heavy atom. The van der Waals surface area contributed by atoms with Gasteiger partial charge in [-0.25, -0.2) is 4.79 Å². The van der Waals surface area contributed by atoms with Crippen LogP contribution in [-0.4, -0.2) is 36.3 Å². The first-order valence-corrected chi connectivity index (χ1v) is 14.1. The average Bonchev–Trinajstić information content (AvgIpc) is 2.90. The molecule has 2 aliphatic rings. The molecule has 1 atom stereocenters. The van der Waals surface area contributed by atoms with Gasteiger partial charge in [-0.05, 0) is 113 Å². The van der Waals surface area contributed by atoms with E-state index in [-0.39, 0.29) is 6.61 Å². The number of nitrogens with one attached hydrogen (secondary N) is 1. The van der Waals surface area contributed by atoms with E-state index in [1.54, 1.807) is 0 Å². The molecule has 206 valence electrons. The van der Waals surface area contributed by atoms with Gasteiger partial charge in [0, 0.05) is 29.1 Å². The second-order valence-electron chi connectivity index (χ2n) is 11.5. The quantitative estimate of drug-likeness (QED) is 0.372. The number of carbonyl (C=O) groups is 1. The number of carbonyl (C=O) groups excluding carboxylic acids is 1. The number of pyridine rings is 1. The van der Waals surface area contributed by atoms with E-state index in [2.05, 4.69) is 48.6 Å². The zero-order chi connectivity index (χ0) is 27.7. The largest absolute Gasteiger partial charge is 0.493 e. The Kier molecular flexibility index (Phi) is 7.79. The summed E-state index contributed by atoms with van der Waals surface area (Å²) in [5.41, 5.74) is 9.88. The zero-order valence-corrected chi connectivity index (χ0v) is 24.1. The van der Waals surface area contributed by atoms with Gasteiger partial charge in [0.05, 0.1) is 18.8 Å². The van der Waals surface area contributed by atoms with Crippen LogP contribution in [0.25, 0.3) is 22.3 Å². The Balaban J connectivity index is 1.80. The van der Waals surface area contributed by atoms with Crippen LogP contribution in [0.15, 0.2) is 36.4 Å². The van der Waals surface area contributed by atoms with Crippen LogP contribution in [0, 0.1) is 13.8 Å². The van der Waals surface area contributed by atoms with Gasteiger partial charge in [0.15, 0.2) is 6.10 Å². The van der Waals surface area contributed by atoms with Crippen molar-refractivity contribution in [1.82, 2.24) is 10.3 Å². The minimum atomic E-state index is -0.916. The van der Waals surface area contributed by atoms with Crippen LogP contribution in [0.1, 0.15) is 73.9 Å². The van der Waals surface area contributed by atoms with Crippen molar-refractivity contribution in [3.05, 3.63) is 70.0 Å². The highest BCUT2D eigenvalue weighted by molar-refractivity contribution is 5.92. The molecule has 0 saturated heterocycles. The van der Waals surface area contributed by atoms with Crippen LogP contribution in [-0.2, 0) is 33.7 Å². The lowest BCUT2D eigenvalue weighted by molar-refractivity contribution is -0.166. The third-order valence-corrected chi connectivity index (χ3v) is 7.42. The first-order valence-electron chi connectivity index (χ1n) is 14.1. The molecule has 3 heterocycles. The van der Waals surface area contributed by atoms with Gasteiger partial charge >= 0.3 is 5.97 Å². The maximum absolute atomic E-state index is 13.5. The lowest BCUT2D eigenvalue weighted by Gasteiger charge is -2.30. The highest BCUT2D eigenvalue weighted by Gasteiger charge is 2.34. The van der Waals surface area contributed by atoms with E-state index in [0.29, 0.717) is 0 Å². The summed E-state index contributed by atoms with van der Waals surface area (Å²) < 4.78 is 18.0. The van der Waals surface area contributed by atoms with Gasteiger partial charge in [0.2, 0.25) is 0 Å². The van der Waals surface area contributed by atoms with Gasteiger partial charge in [-0.3, -0.25) is 4.98 Å². The van der Waals surface area contributed by atoms with Crippen LogP contribution in [0.3, 0.4) is 0 Å². The Labute approximate surface area is 232 Å². The molecular formula is C33H40N2O4. The number of aromatic nitrogens is 1. The molecule has 0 aliphatic carbocycles. The topological polar surface area (TPSA) is 69.7 Å². The molecule has 0 unspecified atom stereocenters. The van der Waals surface area contributed by atoms with E-state index in [9.17, 15) is 4.79 Å². The predicted octanol–water partition coefficient (Wildman–Crippen LogP) is 6.42. The summed E-state index contributed by atoms with van der Waals surface area (Å²) in [6, 6.07) is 13.1. The molecule has 1 aromatic heterocycles. The van der Waals surface area contributed by atoms with E-state index < -0.39 is 17.7 Å². The number of aryl methyl sites for hydroxylation is 3. The Bertz CT molecular complexity index is 1390. The molecule has 1 N–H and O–H groups in total. The highest BCUT2D eigenvalue weighted by Crippen LogP contribution is 2.44. The number of ether oxygens (including phenoxy) is 3. The summed E-state index contributed by atoms with van der Waals surface area (Å²) in [4.78, 5) is 18.5. The highest BCUT2D eigenvalue weighted by atomic mass is 16.6. The average molecular weight is 529 g/mol. The van der Waals surface area contributed by atoms with Crippen molar-refractivity contribution in [3.63, 3.8) is 0 Å². The number of esters is 1. The molecule has 5 rings (SSSR count). The summed E-state index contributed by atoms with van der Waals surface area (Å²) in [6.45, 7) is 14.6. The maximum atomic E-state index is 13.5. The minimum Gasteiger partial charge on any atom is -0.493 e. The summed E-state index contributed by atoms with van der Waals surface area (Å²) >= 11 is 0. The first kappa shape index (κ1) is 27.4. The number of rotatable bonds is 6. The van der Waals surface area contributed by atoms with E-state index in [4.69, 9.17) is 19.2 Å². The van der Waals surface area contributed by atoms with Gasteiger partial charge in [0.25, 0.3) is 0 Å². The van der Waals surface area contributed by atoms with Gasteiger partial charge in [0.1, 0.15) is 5.75 Å². The second kappa shape index (κ2) is 11.1. The smallest absolute Gasteiger partial charge is 0.340 e. The van der Waals surface area contributed by atoms with E-state index in [0.717, 1.165) is 83.9 Å². The standard InChI is InChI=1S/C33H40N2O4/c1-7-37-32(36)31(39-33(4,5)6)29-21(3)35-20(2)28(24-10-11-26-19-34-15-14-22(26)17-24)30(29)25-12-13-27-23(18-25)9-8-16-38-27/h10-13,17-18,31,34H,7-9,14-16,19H2,1-6H3/t31-/m0/s1. The fourth-order valence-corrected chi connectivity index (χ4v) is 5.78. The number of hydrogen-bond acceptors (Lipinski definition) is 6. The van der Waals surface area contributed by atoms with Crippen LogP contribution in [0.4, 0.5) is 0 Å². The first-order chi connectivity index (χ1) is 18.7. The van der Waals surface area contributed by atoms with Crippen LogP contribution in [0.5, 0.6) is 5.75 Å². The van der Waals surface area contributed by atoms with Gasteiger partial charge in [-0.2, -0.15) is 0 Å². The normalized spacial score (nSPS) is 15.6. The molecular weight excluding hydrogens is 488 g/mol. The molecule has 0 fully saturated rings. The summed E-state index contributed by atoms with van der Waals surface area (Å²) in [5.74, 6) is 0.538. The van der Waals surface area contributed by atoms with Crippen molar-refractivity contribution in [2.75, 3.05) is 19.8 Å². The van der Waals surface area contributed by atoms with E-state index in [1.807, 2.05) is 34.6 Å². The third-order valence-electron chi connectivity index (χ3n) is 7.42. The number of fused-ring (bicyclic) bond motifs is 2. The van der Waals surface area contributed by atoms with Gasteiger partial charge in [-0.1, -0.05) is 24.3 Å². The monoisotopic (exact) mass is 528 g/mol. The lowest BCUT2D eigenvalue weighted by atomic mass is 9.84. The Morgan fingerprint density at radius 1 is 1.00 bits per heavy atom. The second-order valence-corrected chi connectivity index (χ2v) is 11.5. The molecule has 0 amide bonds. The molecule has 0 spiro atoms. The van der Waals surface area contributed by atoms with Gasteiger partial charge < -0.3 is 19.5 Å². The van der Waals surface area contributed by atoms with Crippen molar-refractivity contribution in [1.29, 1.82) is 0 Å². The van der Waals surface area contributed by atoms with Crippen LogP contribution in [0.2, 0.25) is 0 Å². The fraction of sp³-hybridized carbons (Fsp3) is 0.455. The van der Waals surface area contributed by atoms with Crippen molar-refractivity contribution < 1.29 is 19.0 Å². The maximum Gasteiger partial charge on any atom is 0.340 e. The van der Waals surface area contributed by atoms with Crippen LogP contribution >= 0.6 is 0 Å². The zero-order valence-electron chi connectivity index (χ0n) is 24.1. The summed E-state index contributed by atoms with van der Waals surface area (Å²) in [5, 5.41) is 3.46. The Morgan fingerprint density at radius 2 is 1.74 bits per heavy atom. The number of nitrogens with zero attached hydrogens (tertiary/aromatic N) is 1. The van der Waals surface area contributed by atoms with E-state index >= 15 is 0 Å². The van der Waals surface area contributed by atoms with E-state index in [1.165, 1.54) is 16.7 Å². The minimum absolute atomic E-state index is 0.276. The molecule has 0 saturated carbocycles. The Hall–Kier alpha value is -3.22. The fourth-order valence-electron chi connectivity index (χ4n) is 5.78. The van der Waals surface area contributed by atoms with Crippen molar-refractivity contribution in [3.8, 4) is 28.0 Å². The predicted molar refractivity (Wildman–Crippen MR) is 154 cm³/mol. The van der Waals surface area contributed by atoms with Gasteiger partial charge in [-0.15, -0.1) is 0 Å². The molecule has 0 bridgehead atoms. The molecule has 6 nitrogen and oxygen atoms in total. The molecule has 2 aromatic carbocycles. The lowest BCUT2D eigenvalue weighted by Crippen LogP contribution is -2.30. The third kappa shape index (κ3) is 5.73. The summed E-state index contributed by atoms with van der Waals surface area (Å²) in [7, 11) is 0. The molecule has 2 aliphatic heterocycles. The van der Waals surface area contributed by atoms with Crippen LogP contribution < -0.4 is 10.1 Å². The molecule has 0 radical (unpaired) electrons. The molecule has 6 heteroatoms. The van der Waals surface area contributed by atoms with Crippen molar-refractivity contribution >= 4 is 5.97 Å². The number of benzene rings is 2. The molecule has 39 heavy (non-hydrogen) atoms. The summed E-state index contributed by atoms with van der Waals surface area (Å²) in [6.07, 6.45) is 2.02. The molecule has 3 aromatic rings. The van der Waals surface area contributed by atoms with Crippen molar-refractivity contribution in [2.45, 2.75) is 79.1 Å². The number of hydrogen-bond donors (Lipinski definition) is 1. The SMILES string of the molecule is CCOC(=O)[C@@H](OC(C)(C)C)c1c(C)nc(C)c(-c2ccc3c(c2)CCNC3)c1-c1ccc2c(c1)CCCO2.